The molecule has 2 aliphatic rings. The van der Waals surface area contributed by atoms with Gasteiger partial charge in [0.25, 0.3) is 0 Å². The average molecular weight is 1010 g/mol. The highest BCUT2D eigenvalue weighted by Gasteiger charge is 2.64. The molecule has 0 amide bonds. The molecule has 0 spiro atoms. The smallest absolute Gasteiger partial charge is 0.331 e. The van der Waals surface area contributed by atoms with Crippen molar-refractivity contribution in [1.29, 1.82) is 0 Å². The second-order valence-corrected chi connectivity index (χ2v) is 16.2. The molecule has 2 saturated heterocycles. The lowest BCUT2D eigenvalue weighted by Gasteiger charge is -2.44. The van der Waals surface area contributed by atoms with E-state index in [9.17, 15) is 59.4 Å². The summed E-state index contributed by atoms with van der Waals surface area (Å²) in [6.45, 7) is -0.663. The molecule has 0 aliphatic carbocycles. The summed E-state index contributed by atoms with van der Waals surface area (Å²) in [5.74, 6) is -9.01. The quantitative estimate of drug-likeness (QED) is 0.0444. The van der Waals surface area contributed by atoms with Crippen molar-refractivity contribution in [2.24, 2.45) is 0 Å². The maximum atomic E-state index is 13.8. The van der Waals surface area contributed by atoms with E-state index in [1.807, 2.05) is 0 Å². The van der Waals surface area contributed by atoms with E-state index in [2.05, 4.69) is 0 Å². The van der Waals surface area contributed by atoms with E-state index in [1.165, 1.54) is 121 Å². The Labute approximate surface area is 416 Å². The van der Waals surface area contributed by atoms with Crippen LogP contribution < -0.4 is 0 Å². The van der Waals surface area contributed by atoms with Crippen LogP contribution in [-0.4, -0.2) is 141 Å². The lowest BCUT2D eigenvalue weighted by Crippen LogP contribution is -2.64. The first kappa shape index (κ1) is 54.0. The van der Waals surface area contributed by atoms with Gasteiger partial charge in [-0.3, -0.25) is 9.59 Å². The molecule has 0 saturated carbocycles. The minimum atomic E-state index is -2.75. The largest absolute Gasteiger partial charge is 0.508 e. The van der Waals surface area contributed by atoms with Crippen molar-refractivity contribution < 1.29 is 102 Å². The van der Waals surface area contributed by atoms with Crippen LogP contribution in [-0.2, 0) is 71.4 Å². The molecule has 0 aromatic heterocycles. The number of esters is 6. The Balaban J connectivity index is 1.36. The van der Waals surface area contributed by atoms with Crippen LogP contribution in [0.5, 0.6) is 23.0 Å². The molecule has 384 valence electrons. The van der Waals surface area contributed by atoms with Gasteiger partial charge in [0.1, 0.15) is 67.2 Å². The minimum absolute atomic E-state index is 0.0167. The summed E-state index contributed by atoms with van der Waals surface area (Å²) in [6.07, 6.45) is -5.99. The molecule has 2 fully saturated rings. The summed E-state index contributed by atoms with van der Waals surface area (Å²) in [7, 11) is 0. The van der Waals surface area contributed by atoms with Crippen LogP contribution in [0.25, 0.3) is 24.3 Å². The monoisotopic (exact) mass is 1010 g/mol. The predicted octanol–water partition coefficient (Wildman–Crippen LogP) is 3.63. The number of phenols is 4. The Hall–Kier alpha value is -8.34. The van der Waals surface area contributed by atoms with Gasteiger partial charge in [-0.1, -0.05) is 48.5 Å². The number of rotatable bonds is 19. The second-order valence-electron chi connectivity index (χ2n) is 16.2. The van der Waals surface area contributed by atoms with E-state index in [0.29, 0.717) is 22.3 Å². The normalized spacial score (nSPS) is 23.8. The van der Waals surface area contributed by atoms with E-state index in [-0.39, 0.29) is 23.0 Å². The second kappa shape index (κ2) is 25.2. The molecule has 0 radical (unpaired) electrons. The molecule has 9 atom stereocenters. The number of phenolic OH excluding ortho intramolecular Hbond substituents is 4. The Morgan fingerprint density at radius 1 is 0.493 bits per heavy atom. The number of carbonyl (C=O) groups excluding carboxylic acids is 6. The zero-order chi connectivity index (χ0) is 52.7. The first-order chi connectivity index (χ1) is 34.9. The first-order valence-electron chi connectivity index (χ1n) is 22.2. The first-order valence-corrected chi connectivity index (χ1v) is 22.2. The van der Waals surface area contributed by atoms with Gasteiger partial charge in [0.05, 0.1) is 0 Å². The fraction of sp³-hybridized carbons (Fsp3) is 0.269. The standard InChI is InChI=1S/C52H50O21/c1-30(53)68-48-40(27-65-42(59)23-11-32-3-15-36(55)16-4-32)70-51(47(64)46(48)63)73-52(29-67-44(61)25-13-34-7-19-38(57)20-8-34)50(71-45(62)26-14-35-9-21-39(58)22-10-35)49(69-31(2)54)41(72-52)28-66-43(60)24-12-33-5-17-37(56)18-6-33/h3-26,40-41,46-51,55-58,63-64H,27-29H2,1-2H3/b23-11+,24-12+,25-13+,26-14+/t40?,41?,46-,47-,48-,49?,50?,51?,52?/m1/s1. The van der Waals surface area contributed by atoms with Gasteiger partial charge in [0.2, 0.25) is 5.79 Å². The number of aliphatic hydroxyl groups excluding tert-OH is 2. The highest BCUT2D eigenvalue weighted by molar-refractivity contribution is 5.89. The number of benzene rings is 4. The van der Waals surface area contributed by atoms with Gasteiger partial charge < -0.3 is 73.3 Å². The molecule has 2 heterocycles. The molecule has 6 unspecified atom stereocenters. The van der Waals surface area contributed by atoms with Crippen molar-refractivity contribution in [1.82, 2.24) is 0 Å². The van der Waals surface area contributed by atoms with Gasteiger partial charge in [-0.2, -0.15) is 0 Å². The van der Waals surface area contributed by atoms with Crippen LogP contribution in [0.4, 0.5) is 0 Å². The number of carbonyl (C=O) groups is 6. The number of aliphatic hydroxyl groups is 2. The number of ether oxygens (including phenoxy) is 9. The zero-order valence-corrected chi connectivity index (χ0v) is 38.9. The van der Waals surface area contributed by atoms with E-state index in [1.54, 1.807) is 0 Å². The summed E-state index contributed by atoms with van der Waals surface area (Å²) in [5.41, 5.74) is 1.85. The van der Waals surface area contributed by atoms with Crippen molar-refractivity contribution in [3.8, 4) is 23.0 Å². The summed E-state index contributed by atoms with van der Waals surface area (Å²) in [4.78, 5) is 78.4. The lowest BCUT2D eigenvalue weighted by molar-refractivity contribution is -0.383. The van der Waals surface area contributed by atoms with Crippen LogP contribution >= 0.6 is 0 Å². The molecule has 4 aromatic carbocycles. The SMILES string of the molecule is CC(=O)OC1C(COC(=O)/C=C/c2ccc(O)cc2)OC(COC(=O)/C=C/c2ccc(O)cc2)(OC2OC(COC(=O)/C=C/c3ccc(O)cc3)[C@@H](OC(C)=O)[C@H](O)[C@H]2O)C1OC(=O)/C=C/c1ccc(O)cc1. The van der Waals surface area contributed by atoms with E-state index >= 15 is 0 Å². The summed E-state index contributed by atoms with van der Waals surface area (Å²) < 4.78 is 52.0. The topological polar surface area (TPSA) is 307 Å². The summed E-state index contributed by atoms with van der Waals surface area (Å²) >= 11 is 0. The Morgan fingerprint density at radius 2 is 0.863 bits per heavy atom. The average Bonchev–Trinajstić information content (AvgIpc) is 3.63. The molecular weight excluding hydrogens is 961 g/mol. The number of hydrogen-bond acceptors (Lipinski definition) is 21. The van der Waals surface area contributed by atoms with Gasteiger partial charge in [0.15, 0.2) is 24.6 Å². The maximum absolute atomic E-state index is 13.8. The molecule has 2 aliphatic heterocycles. The highest BCUT2D eigenvalue weighted by atomic mass is 16.8. The van der Waals surface area contributed by atoms with Gasteiger partial charge in [-0.25, -0.2) is 19.2 Å². The van der Waals surface area contributed by atoms with Crippen molar-refractivity contribution in [2.45, 2.75) is 68.7 Å². The van der Waals surface area contributed by atoms with Crippen molar-refractivity contribution in [3.05, 3.63) is 144 Å². The predicted molar refractivity (Wildman–Crippen MR) is 252 cm³/mol. The van der Waals surface area contributed by atoms with Gasteiger partial charge >= 0.3 is 35.8 Å². The number of aromatic hydroxyl groups is 4. The van der Waals surface area contributed by atoms with Crippen LogP contribution in [0, 0.1) is 0 Å². The third kappa shape index (κ3) is 15.8. The molecule has 0 bridgehead atoms. The van der Waals surface area contributed by atoms with Crippen LogP contribution in [0.2, 0.25) is 0 Å². The molecule has 73 heavy (non-hydrogen) atoms. The Kier molecular flexibility index (Phi) is 18.6. The number of hydrogen-bond donors (Lipinski definition) is 6. The summed E-state index contributed by atoms with van der Waals surface area (Å²) in [5, 5.41) is 61.8. The fourth-order valence-corrected chi connectivity index (χ4v) is 7.17. The Bertz CT molecular complexity index is 2680. The van der Waals surface area contributed by atoms with E-state index in [4.69, 9.17) is 42.6 Å². The summed E-state index contributed by atoms with van der Waals surface area (Å²) in [6, 6.07) is 22.9. The highest BCUT2D eigenvalue weighted by Crippen LogP contribution is 2.41. The maximum Gasteiger partial charge on any atom is 0.331 e. The van der Waals surface area contributed by atoms with Crippen LogP contribution in [0.15, 0.2) is 121 Å². The molecule has 21 heteroatoms. The van der Waals surface area contributed by atoms with Crippen molar-refractivity contribution >= 4 is 60.1 Å². The van der Waals surface area contributed by atoms with Gasteiger partial charge in [-0.15, -0.1) is 0 Å². The third-order valence-corrected chi connectivity index (χ3v) is 10.7. The molecule has 4 aromatic rings. The fourth-order valence-electron chi connectivity index (χ4n) is 7.17. The minimum Gasteiger partial charge on any atom is -0.508 e. The van der Waals surface area contributed by atoms with Crippen molar-refractivity contribution in [3.63, 3.8) is 0 Å². The van der Waals surface area contributed by atoms with Crippen LogP contribution in [0.1, 0.15) is 36.1 Å². The van der Waals surface area contributed by atoms with Gasteiger partial charge in [0, 0.05) is 38.2 Å². The van der Waals surface area contributed by atoms with E-state index < -0.39 is 110 Å². The molecule has 6 rings (SSSR count). The molecule has 6 N–H and O–H groups in total. The Morgan fingerprint density at radius 3 is 1.27 bits per heavy atom. The van der Waals surface area contributed by atoms with E-state index in [0.717, 1.165) is 38.2 Å². The molecular formula is C52H50O21. The molecule has 21 nitrogen and oxygen atoms in total. The van der Waals surface area contributed by atoms with Crippen molar-refractivity contribution in [2.75, 3.05) is 19.8 Å². The van der Waals surface area contributed by atoms with Gasteiger partial charge in [-0.05, 0) is 95.1 Å². The van der Waals surface area contributed by atoms with Crippen LogP contribution in [0.3, 0.4) is 0 Å². The lowest BCUT2D eigenvalue weighted by atomic mass is 9.98. The zero-order valence-electron chi connectivity index (χ0n) is 38.9. The third-order valence-electron chi connectivity index (χ3n) is 10.7.